The van der Waals surface area contributed by atoms with Crippen LogP contribution in [0.3, 0.4) is 0 Å². The van der Waals surface area contributed by atoms with Gasteiger partial charge in [-0.25, -0.2) is 4.39 Å². The Morgan fingerprint density at radius 1 is 1.29 bits per heavy atom. The SMILES string of the molecule is N#Cc1c(N)[nH]c(=O)c(C#N)c1-c1cc(F)c(Br)cc1O. The average Bonchev–Trinajstić information content (AvgIpc) is 2.42. The number of H-pyrrole nitrogens is 1. The molecule has 0 saturated carbocycles. The fraction of sp³-hybridized carbons (Fsp3) is 0. The number of nitrogens with two attached hydrogens (primary N) is 1. The van der Waals surface area contributed by atoms with Crippen LogP contribution in [0.2, 0.25) is 0 Å². The van der Waals surface area contributed by atoms with Gasteiger partial charge in [0.05, 0.1) is 4.47 Å². The van der Waals surface area contributed by atoms with E-state index in [1.54, 1.807) is 12.1 Å². The minimum Gasteiger partial charge on any atom is -0.507 e. The lowest BCUT2D eigenvalue weighted by Crippen LogP contribution is -2.16. The number of hydrogen-bond acceptors (Lipinski definition) is 5. The minimum absolute atomic E-state index is 0.00132. The zero-order chi connectivity index (χ0) is 15.7. The number of pyridine rings is 1. The average molecular weight is 349 g/mol. The highest BCUT2D eigenvalue weighted by Gasteiger charge is 2.21. The van der Waals surface area contributed by atoms with Crippen molar-refractivity contribution in [1.82, 2.24) is 4.98 Å². The van der Waals surface area contributed by atoms with E-state index in [-0.39, 0.29) is 27.0 Å². The van der Waals surface area contributed by atoms with Crippen LogP contribution in [0.25, 0.3) is 11.1 Å². The molecule has 4 N–H and O–H groups in total. The van der Waals surface area contributed by atoms with Crippen molar-refractivity contribution < 1.29 is 9.50 Å². The number of rotatable bonds is 1. The van der Waals surface area contributed by atoms with E-state index in [4.69, 9.17) is 16.3 Å². The Bertz CT molecular complexity index is 893. The predicted octanol–water partition coefficient (Wildman–Crippen LogP) is 1.97. The lowest BCUT2D eigenvalue weighted by molar-refractivity contribution is 0.474. The first-order chi connectivity index (χ1) is 9.90. The number of phenols is 1. The van der Waals surface area contributed by atoms with Gasteiger partial charge in [0.2, 0.25) is 0 Å². The summed E-state index contributed by atoms with van der Waals surface area (Å²) in [6, 6.07) is 5.34. The lowest BCUT2D eigenvalue weighted by Gasteiger charge is -2.11. The highest BCUT2D eigenvalue weighted by Crippen LogP contribution is 2.37. The first-order valence-corrected chi connectivity index (χ1v) is 6.24. The number of anilines is 1. The molecule has 21 heavy (non-hydrogen) atoms. The second-order valence-corrected chi connectivity index (χ2v) is 4.85. The van der Waals surface area contributed by atoms with E-state index < -0.39 is 22.7 Å². The number of nitriles is 2. The third-order valence-electron chi connectivity index (χ3n) is 2.78. The molecule has 0 aliphatic heterocycles. The number of benzene rings is 1. The maximum absolute atomic E-state index is 13.7. The van der Waals surface area contributed by atoms with Crippen LogP contribution in [-0.2, 0) is 0 Å². The summed E-state index contributed by atoms with van der Waals surface area (Å²) in [5.74, 6) is -1.39. The quantitative estimate of drug-likeness (QED) is 0.725. The molecule has 0 fully saturated rings. The Morgan fingerprint density at radius 3 is 2.48 bits per heavy atom. The Morgan fingerprint density at radius 2 is 1.90 bits per heavy atom. The molecule has 0 spiro atoms. The third-order valence-corrected chi connectivity index (χ3v) is 3.38. The molecule has 2 aromatic rings. The van der Waals surface area contributed by atoms with E-state index >= 15 is 0 Å². The number of nitrogens with zero attached hydrogens (tertiary/aromatic N) is 2. The van der Waals surface area contributed by atoms with Gasteiger partial charge in [0.15, 0.2) is 0 Å². The predicted molar refractivity (Wildman–Crippen MR) is 75.7 cm³/mol. The normalized spacial score (nSPS) is 9.90. The molecule has 104 valence electrons. The summed E-state index contributed by atoms with van der Waals surface area (Å²) in [4.78, 5) is 13.9. The summed E-state index contributed by atoms with van der Waals surface area (Å²) in [7, 11) is 0. The molecule has 6 nitrogen and oxygen atoms in total. The van der Waals surface area contributed by atoms with Crippen LogP contribution in [0.15, 0.2) is 21.4 Å². The number of aromatic nitrogens is 1. The summed E-state index contributed by atoms with van der Waals surface area (Å²) in [6.45, 7) is 0. The molecule has 0 radical (unpaired) electrons. The largest absolute Gasteiger partial charge is 0.507 e. The highest BCUT2D eigenvalue weighted by molar-refractivity contribution is 9.10. The fourth-order valence-electron chi connectivity index (χ4n) is 1.85. The van der Waals surface area contributed by atoms with Crippen LogP contribution in [0.5, 0.6) is 5.75 Å². The van der Waals surface area contributed by atoms with Gasteiger partial charge in [-0.2, -0.15) is 10.5 Å². The monoisotopic (exact) mass is 348 g/mol. The maximum Gasteiger partial charge on any atom is 0.268 e. The Hall–Kier alpha value is -2.84. The molecule has 0 bridgehead atoms. The van der Waals surface area contributed by atoms with Crippen molar-refractivity contribution in [2.45, 2.75) is 0 Å². The summed E-state index contributed by atoms with van der Waals surface area (Å²) in [6.07, 6.45) is 0. The Kier molecular flexibility index (Phi) is 3.66. The first kappa shape index (κ1) is 14.6. The molecular formula is C13H6BrFN4O2. The third kappa shape index (κ3) is 2.33. The Balaban J connectivity index is 3.00. The highest BCUT2D eigenvalue weighted by atomic mass is 79.9. The van der Waals surface area contributed by atoms with Gasteiger partial charge >= 0.3 is 0 Å². The van der Waals surface area contributed by atoms with Crippen LogP contribution in [0.4, 0.5) is 10.2 Å². The van der Waals surface area contributed by atoms with E-state index in [1.807, 2.05) is 0 Å². The van der Waals surface area contributed by atoms with E-state index in [0.717, 1.165) is 12.1 Å². The molecule has 8 heteroatoms. The van der Waals surface area contributed by atoms with Crippen LogP contribution in [-0.4, -0.2) is 10.1 Å². The number of aromatic amines is 1. The van der Waals surface area contributed by atoms with Crippen LogP contribution in [0.1, 0.15) is 11.1 Å². The van der Waals surface area contributed by atoms with Crippen molar-refractivity contribution >= 4 is 21.7 Å². The zero-order valence-corrected chi connectivity index (χ0v) is 11.8. The lowest BCUT2D eigenvalue weighted by atomic mass is 9.96. The van der Waals surface area contributed by atoms with Crippen molar-refractivity contribution in [2.75, 3.05) is 5.73 Å². The number of nitrogen functional groups attached to an aromatic ring is 1. The number of hydrogen-bond donors (Lipinski definition) is 3. The molecule has 0 unspecified atom stereocenters. The molecule has 0 aliphatic rings. The smallest absolute Gasteiger partial charge is 0.268 e. The molecule has 0 atom stereocenters. The molecular weight excluding hydrogens is 343 g/mol. The van der Waals surface area contributed by atoms with Gasteiger partial charge in [-0.05, 0) is 28.1 Å². The maximum atomic E-state index is 13.7. The molecule has 1 aromatic heterocycles. The number of nitrogens with one attached hydrogen (secondary N) is 1. The van der Waals surface area contributed by atoms with E-state index in [9.17, 15) is 14.3 Å². The van der Waals surface area contributed by atoms with E-state index in [2.05, 4.69) is 20.9 Å². The van der Waals surface area contributed by atoms with E-state index in [1.165, 1.54) is 0 Å². The second kappa shape index (κ2) is 5.27. The summed E-state index contributed by atoms with van der Waals surface area (Å²) in [5.41, 5.74) is 3.69. The summed E-state index contributed by atoms with van der Waals surface area (Å²) >= 11 is 2.90. The van der Waals surface area contributed by atoms with Crippen molar-refractivity contribution in [3.8, 4) is 29.0 Å². The van der Waals surface area contributed by atoms with Crippen molar-refractivity contribution in [1.29, 1.82) is 10.5 Å². The minimum atomic E-state index is -0.827. The second-order valence-electron chi connectivity index (χ2n) is 4.00. The van der Waals surface area contributed by atoms with Crippen LogP contribution < -0.4 is 11.3 Å². The zero-order valence-electron chi connectivity index (χ0n) is 10.2. The number of aromatic hydroxyl groups is 1. The topological polar surface area (TPSA) is 127 Å². The van der Waals surface area contributed by atoms with Crippen LogP contribution >= 0.6 is 15.9 Å². The molecule has 0 aliphatic carbocycles. The van der Waals surface area contributed by atoms with Crippen molar-refractivity contribution in [3.63, 3.8) is 0 Å². The van der Waals surface area contributed by atoms with Gasteiger partial charge in [0, 0.05) is 11.1 Å². The van der Waals surface area contributed by atoms with Crippen LogP contribution in [0, 0.1) is 28.5 Å². The summed E-state index contributed by atoms with van der Waals surface area (Å²) in [5, 5.41) is 28.1. The number of phenolic OH excluding ortho intramolecular Hbond substituents is 1. The van der Waals surface area contributed by atoms with Gasteiger partial charge < -0.3 is 15.8 Å². The first-order valence-electron chi connectivity index (χ1n) is 5.45. The fourth-order valence-corrected chi connectivity index (χ4v) is 2.18. The molecule has 0 saturated heterocycles. The van der Waals surface area contributed by atoms with Gasteiger partial charge in [0.25, 0.3) is 5.56 Å². The molecule has 0 amide bonds. The number of halogens is 2. The van der Waals surface area contributed by atoms with E-state index in [0.29, 0.717) is 0 Å². The van der Waals surface area contributed by atoms with Crippen molar-refractivity contribution in [3.05, 3.63) is 43.9 Å². The molecule has 2 rings (SSSR count). The van der Waals surface area contributed by atoms with Crippen molar-refractivity contribution in [2.24, 2.45) is 0 Å². The van der Waals surface area contributed by atoms with Gasteiger partial charge in [-0.1, -0.05) is 0 Å². The summed E-state index contributed by atoms with van der Waals surface area (Å²) < 4.78 is 13.7. The standard InChI is InChI=1S/C13H6BrFN4O2/c14-8-2-10(20)5(1-9(8)15)11-6(3-16)12(18)19-13(21)7(11)4-17/h1-2,20H,(H3,18,19,21). The molecule has 1 heterocycles. The van der Waals surface area contributed by atoms with Gasteiger partial charge in [-0.3, -0.25) is 4.79 Å². The Labute approximate surface area is 126 Å². The van der Waals surface area contributed by atoms with Gasteiger partial charge in [-0.15, -0.1) is 0 Å². The molecule has 1 aromatic carbocycles. The van der Waals surface area contributed by atoms with Gasteiger partial charge in [0.1, 0.15) is 40.6 Å².